The van der Waals surface area contributed by atoms with Crippen LogP contribution in [0.4, 0.5) is 0 Å². The van der Waals surface area contributed by atoms with E-state index in [0.717, 1.165) is 32.8 Å². The zero-order valence-electron chi connectivity index (χ0n) is 9.38. The molecule has 0 bridgehead atoms. The monoisotopic (exact) mass is 222 g/mol. The quantitative estimate of drug-likeness (QED) is 0.759. The first kappa shape index (κ1) is 10.4. The van der Waals surface area contributed by atoms with E-state index in [1.807, 2.05) is 39.8 Å². The van der Waals surface area contributed by atoms with Gasteiger partial charge in [-0.2, -0.15) is 0 Å². The lowest BCUT2D eigenvalue weighted by molar-refractivity contribution is 0.427. The maximum absolute atomic E-state index is 5.59. The molecule has 0 saturated carbocycles. The van der Waals surface area contributed by atoms with E-state index in [4.69, 9.17) is 8.83 Å². The summed E-state index contributed by atoms with van der Waals surface area (Å²) in [4.78, 5) is 0. The molecule has 2 heterocycles. The van der Waals surface area contributed by atoms with Crippen molar-refractivity contribution in [2.45, 2.75) is 37.9 Å². The molecule has 2 aromatic heterocycles. The minimum absolute atomic E-state index is 0.921. The van der Waals surface area contributed by atoms with Crippen LogP contribution in [0.5, 0.6) is 0 Å². The van der Waals surface area contributed by atoms with Crippen LogP contribution in [0.25, 0.3) is 0 Å². The molecule has 0 aliphatic heterocycles. The molecule has 0 saturated heterocycles. The van der Waals surface area contributed by atoms with Gasteiger partial charge in [-0.05, 0) is 51.6 Å². The predicted molar refractivity (Wildman–Crippen MR) is 60.5 cm³/mol. The van der Waals surface area contributed by atoms with Gasteiger partial charge >= 0.3 is 0 Å². The van der Waals surface area contributed by atoms with Crippen molar-refractivity contribution in [3.63, 3.8) is 0 Å². The largest absolute Gasteiger partial charge is 0.454 e. The molecule has 0 aliphatic rings. The van der Waals surface area contributed by atoms with Gasteiger partial charge < -0.3 is 8.83 Å². The molecule has 0 aliphatic carbocycles. The molecular formula is C12H14O2S. The molecular weight excluding hydrogens is 208 g/mol. The maximum Gasteiger partial charge on any atom is 0.171 e. The highest BCUT2D eigenvalue weighted by Gasteiger charge is 2.12. The first-order valence-electron chi connectivity index (χ1n) is 4.88. The summed E-state index contributed by atoms with van der Waals surface area (Å²) in [5.41, 5.74) is 2.32. The molecule has 0 amide bonds. The van der Waals surface area contributed by atoms with Crippen molar-refractivity contribution in [3.8, 4) is 0 Å². The Kier molecular flexibility index (Phi) is 2.65. The number of hydrogen-bond acceptors (Lipinski definition) is 3. The van der Waals surface area contributed by atoms with E-state index < -0.39 is 0 Å². The summed E-state index contributed by atoms with van der Waals surface area (Å²) >= 11 is 1.55. The van der Waals surface area contributed by atoms with Crippen LogP contribution in [0, 0.1) is 27.7 Å². The highest BCUT2D eigenvalue weighted by molar-refractivity contribution is 7.99. The van der Waals surface area contributed by atoms with E-state index in [9.17, 15) is 0 Å². The molecule has 0 radical (unpaired) electrons. The summed E-state index contributed by atoms with van der Waals surface area (Å²) in [5, 5.41) is 1.84. The zero-order valence-corrected chi connectivity index (χ0v) is 10.2. The summed E-state index contributed by atoms with van der Waals surface area (Å²) in [7, 11) is 0. The van der Waals surface area contributed by atoms with Crippen molar-refractivity contribution in [2.24, 2.45) is 0 Å². The second-order valence-electron chi connectivity index (χ2n) is 3.76. The Labute approximate surface area is 93.7 Å². The summed E-state index contributed by atoms with van der Waals surface area (Å²) in [6, 6.07) is 4.07. The Bertz CT molecular complexity index is 436. The van der Waals surface area contributed by atoms with Crippen LogP contribution < -0.4 is 0 Å². The van der Waals surface area contributed by atoms with Crippen molar-refractivity contribution in [3.05, 3.63) is 34.8 Å². The highest BCUT2D eigenvalue weighted by Crippen LogP contribution is 2.35. The van der Waals surface area contributed by atoms with Gasteiger partial charge in [0.2, 0.25) is 0 Å². The fourth-order valence-electron chi connectivity index (χ4n) is 1.53. The predicted octanol–water partition coefficient (Wildman–Crippen LogP) is 4.26. The molecule has 0 aromatic carbocycles. The molecule has 80 valence electrons. The van der Waals surface area contributed by atoms with Crippen LogP contribution in [-0.2, 0) is 0 Å². The third-order valence-corrected chi connectivity index (χ3v) is 3.36. The lowest BCUT2D eigenvalue weighted by Gasteiger charge is -1.96. The number of aryl methyl sites for hydroxylation is 4. The van der Waals surface area contributed by atoms with Gasteiger partial charge in [0, 0.05) is 11.1 Å². The lowest BCUT2D eigenvalue weighted by Crippen LogP contribution is -1.72. The average molecular weight is 222 g/mol. The van der Waals surface area contributed by atoms with E-state index in [1.165, 1.54) is 0 Å². The second-order valence-corrected chi connectivity index (χ2v) is 4.70. The van der Waals surface area contributed by atoms with E-state index in [0.29, 0.717) is 0 Å². The number of furan rings is 2. The van der Waals surface area contributed by atoms with Gasteiger partial charge in [-0.25, -0.2) is 0 Å². The van der Waals surface area contributed by atoms with Crippen molar-refractivity contribution < 1.29 is 8.83 Å². The highest BCUT2D eigenvalue weighted by atomic mass is 32.2. The van der Waals surface area contributed by atoms with E-state index in [-0.39, 0.29) is 0 Å². The minimum atomic E-state index is 0.921. The molecule has 0 fully saturated rings. The lowest BCUT2D eigenvalue weighted by atomic mass is 10.3. The van der Waals surface area contributed by atoms with E-state index >= 15 is 0 Å². The summed E-state index contributed by atoms with van der Waals surface area (Å²) in [6.07, 6.45) is 0. The molecule has 2 rings (SSSR count). The first-order chi connectivity index (χ1) is 7.06. The van der Waals surface area contributed by atoms with Gasteiger partial charge in [0.15, 0.2) is 10.2 Å². The fraction of sp³-hybridized carbons (Fsp3) is 0.333. The van der Waals surface area contributed by atoms with Gasteiger partial charge in [0.1, 0.15) is 11.5 Å². The van der Waals surface area contributed by atoms with Crippen LogP contribution >= 0.6 is 11.8 Å². The summed E-state index contributed by atoms with van der Waals surface area (Å²) < 4.78 is 11.2. The molecule has 0 spiro atoms. The molecule has 3 heteroatoms. The third-order valence-electron chi connectivity index (χ3n) is 2.18. The van der Waals surface area contributed by atoms with Crippen LogP contribution in [0.2, 0.25) is 0 Å². The summed E-state index contributed by atoms with van der Waals surface area (Å²) in [6.45, 7) is 8.00. The SMILES string of the molecule is Cc1cc(C)c(Sc2oc(C)cc2C)o1. The van der Waals surface area contributed by atoms with Crippen LogP contribution in [0.3, 0.4) is 0 Å². The Hall–Kier alpha value is -1.09. The van der Waals surface area contributed by atoms with Crippen molar-refractivity contribution in [1.29, 1.82) is 0 Å². The van der Waals surface area contributed by atoms with Crippen molar-refractivity contribution in [1.82, 2.24) is 0 Å². The topological polar surface area (TPSA) is 26.3 Å². The smallest absolute Gasteiger partial charge is 0.171 e. The molecule has 0 unspecified atom stereocenters. The van der Waals surface area contributed by atoms with Gasteiger partial charge in [0.25, 0.3) is 0 Å². The molecule has 2 aromatic rings. The van der Waals surface area contributed by atoms with Crippen LogP contribution in [-0.4, -0.2) is 0 Å². The fourth-order valence-corrected chi connectivity index (χ4v) is 2.48. The van der Waals surface area contributed by atoms with Crippen LogP contribution in [0.15, 0.2) is 31.2 Å². The molecule has 2 nitrogen and oxygen atoms in total. The first-order valence-corrected chi connectivity index (χ1v) is 5.70. The van der Waals surface area contributed by atoms with Gasteiger partial charge in [-0.1, -0.05) is 0 Å². The molecule has 0 atom stereocenters. The van der Waals surface area contributed by atoms with Gasteiger partial charge in [-0.15, -0.1) is 0 Å². The van der Waals surface area contributed by atoms with E-state index in [2.05, 4.69) is 0 Å². The Morgan fingerprint density at radius 3 is 1.47 bits per heavy atom. The second kappa shape index (κ2) is 3.81. The van der Waals surface area contributed by atoms with E-state index in [1.54, 1.807) is 11.8 Å². The maximum atomic E-state index is 5.59. The standard InChI is InChI=1S/C12H14O2S/c1-7-5-9(3)13-11(7)15-12-8(2)6-10(4)14-12/h5-6H,1-4H3. The molecule has 0 N–H and O–H groups in total. The Morgan fingerprint density at radius 1 is 0.800 bits per heavy atom. The summed E-state index contributed by atoms with van der Waals surface area (Å²) in [5.74, 6) is 1.88. The Morgan fingerprint density at radius 2 is 1.20 bits per heavy atom. The zero-order chi connectivity index (χ0) is 11.0. The average Bonchev–Trinajstić information content (AvgIpc) is 2.58. The van der Waals surface area contributed by atoms with Crippen LogP contribution in [0.1, 0.15) is 22.6 Å². The number of hydrogen-bond donors (Lipinski definition) is 0. The van der Waals surface area contributed by atoms with Gasteiger partial charge in [-0.3, -0.25) is 0 Å². The molecule has 15 heavy (non-hydrogen) atoms. The van der Waals surface area contributed by atoms with Crippen molar-refractivity contribution >= 4 is 11.8 Å². The number of rotatable bonds is 2. The minimum Gasteiger partial charge on any atom is -0.454 e. The van der Waals surface area contributed by atoms with Crippen molar-refractivity contribution in [2.75, 3.05) is 0 Å². The third kappa shape index (κ3) is 2.12. The Balaban J connectivity index is 2.29. The van der Waals surface area contributed by atoms with Gasteiger partial charge in [0.05, 0.1) is 0 Å². The normalized spacial score (nSPS) is 10.9.